The van der Waals surface area contributed by atoms with Crippen molar-refractivity contribution >= 4 is 5.97 Å². The van der Waals surface area contributed by atoms with Crippen LogP contribution in [0.15, 0.2) is 72.8 Å². The monoisotopic (exact) mass is 292 g/mol. The van der Waals surface area contributed by atoms with Gasteiger partial charge in [0.2, 0.25) is 0 Å². The van der Waals surface area contributed by atoms with E-state index in [1.807, 2.05) is 30.3 Å². The average Bonchev–Trinajstić information content (AvgIpc) is 2.55. The quantitative estimate of drug-likeness (QED) is 0.748. The van der Waals surface area contributed by atoms with E-state index >= 15 is 0 Å². The third-order valence-corrected chi connectivity index (χ3v) is 3.51. The van der Waals surface area contributed by atoms with E-state index in [9.17, 15) is 14.3 Å². The van der Waals surface area contributed by atoms with Crippen molar-refractivity contribution in [3.05, 3.63) is 84.2 Å². The lowest BCUT2D eigenvalue weighted by molar-refractivity contribution is 0.0697. The highest BCUT2D eigenvalue weighted by molar-refractivity contribution is 5.96. The van der Waals surface area contributed by atoms with E-state index < -0.39 is 5.97 Å². The number of carboxylic acids is 1. The van der Waals surface area contributed by atoms with Crippen LogP contribution in [0.5, 0.6) is 0 Å². The molecule has 0 aliphatic heterocycles. The summed E-state index contributed by atoms with van der Waals surface area (Å²) < 4.78 is 13.0. The van der Waals surface area contributed by atoms with Gasteiger partial charge in [0, 0.05) is 0 Å². The zero-order chi connectivity index (χ0) is 15.5. The molecule has 0 bridgehead atoms. The summed E-state index contributed by atoms with van der Waals surface area (Å²) in [6.45, 7) is 0. The molecule has 0 unspecified atom stereocenters. The van der Waals surface area contributed by atoms with Crippen LogP contribution in [-0.4, -0.2) is 11.1 Å². The van der Waals surface area contributed by atoms with Crippen molar-refractivity contribution in [1.82, 2.24) is 0 Å². The first-order chi connectivity index (χ1) is 10.6. The Morgan fingerprint density at radius 3 is 2.18 bits per heavy atom. The molecule has 22 heavy (non-hydrogen) atoms. The second kappa shape index (κ2) is 5.82. The molecule has 0 radical (unpaired) electrons. The third-order valence-electron chi connectivity index (χ3n) is 3.51. The Morgan fingerprint density at radius 1 is 0.773 bits per heavy atom. The smallest absolute Gasteiger partial charge is 0.336 e. The van der Waals surface area contributed by atoms with Gasteiger partial charge in [0.05, 0.1) is 5.56 Å². The molecular formula is C19H13FO2. The van der Waals surface area contributed by atoms with Crippen LogP contribution >= 0.6 is 0 Å². The number of hydrogen-bond donors (Lipinski definition) is 1. The molecular weight excluding hydrogens is 279 g/mol. The lowest BCUT2D eigenvalue weighted by atomic mass is 9.96. The van der Waals surface area contributed by atoms with Gasteiger partial charge in [-0.05, 0) is 46.5 Å². The van der Waals surface area contributed by atoms with E-state index in [1.165, 1.54) is 12.1 Å². The van der Waals surface area contributed by atoms with E-state index in [0.717, 1.165) is 16.7 Å². The molecule has 3 heteroatoms. The van der Waals surface area contributed by atoms with Crippen LogP contribution in [0.1, 0.15) is 10.4 Å². The molecule has 2 nitrogen and oxygen atoms in total. The highest BCUT2D eigenvalue weighted by Crippen LogP contribution is 2.28. The van der Waals surface area contributed by atoms with E-state index in [0.29, 0.717) is 5.56 Å². The molecule has 0 saturated carbocycles. The summed E-state index contributed by atoms with van der Waals surface area (Å²) >= 11 is 0. The van der Waals surface area contributed by atoms with Gasteiger partial charge in [0.1, 0.15) is 5.82 Å². The lowest BCUT2D eigenvalue weighted by Crippen LogP contribution is -1.99. The molecule has 0 spiro atoms. The number of benzene rings is 3. The highest BCUT2D eigenvalue weighted by Gasteiger charge is 2.11. The van der Waals surface area contributed by atoms with Gasteiger partial charge in [-0.2, -0.15) is 0 Å². The molecule has 0 saturated heterocycles. The first kappa shape index (κ1) is 14.0. The van der Waals surface area contributed by atoms with Crippen LogP contribution in [0.4, 0.5) is 4.39 Å². The van der Waals surface area contributed by atoms with Crippen molar-refractivity contribution in [2.75, 3.05) is 0 Å². The number of hydrogen-bond acceptors (Lipinski definition) is 1. The van der Waals surface area contributed by atoms with Crippen LogP contribution in [0, 0.1) is 5.82 Å². The first-order valence-corrected chi connectivity index (χ1v) is 6.84. The average molecular weight is 292 g/mol. The van der Waals surface area contributed by atoms with Crippen LogP contribution in [0.25, 0.3) is 22.3 Å². The van der Waals surface area contributed by atoms with E-state index in [4.69, 9.17) is 0 Å². The zero-order valence-corrected chi connectivity index (χ0v) is 11.7. The summed E-state index contributed by atoms with van der Waals surface area (Å²) in [7, 11) is 0. The molecule has 0 amide bonds. The maximum Gasteiger partial charge on any atom is 0.336 e. The van der Waals surface area contributed by atoms with Crippen LogP contribution in [-0.2, 0) is 0 Å². The number of aromatic carboxylic acids is 1. The molecule has 108 valence electrons. The Balaban J connectivity index is 2.09. The Bertz CT molecular complexity index is 823. The highest BCUT2D eigenvalue weighted by atomic mass is 19.1. The van der Waals surface area contributed by atoms with Gasteiger partial charge in [-0.1, -0.05) is 48.5 Å². The fourth-order valence-electron chi connectivity index (χ4n) is 2.43. The summed E-state index contributed by atoms with van der Waals surface area (Å²) in [6.07, 6.45) is 0. The van der Waals surface area contributed by atoms with Gasteiger partial charge in [0.15, 0.2) is 0 Å². The van der Waals surface area contributed by atoms with Gasteiger partial charge in [-0.3, -0.25) is 0 Å². The topological polar surface area (TPSA) is 37.3 Å². The van der Waals surface area contributed by atoms with Crippen LogP contribution < -0.4 is 0 Å². The van der Waals surface area contributed by atoms with E-state index in [-0.39, 0.29) is 11.4 Å². The molecule has 3 rings (SSSR count). The minimum Gasteiger partial charge on any atom is -0.478 e. The molecule has 1 N–H and O–H groups in total. The van der Waals surface area contributed by atoms with Gasteiger partial charge >= 0.3 is 5.97 Å². The molecule has 3 aromatic rings. The maximum absolute atomic E-state index is 13.0. The molecule has 0 heterocycles. The number of halogens is 1. The molecule has 0 aliphatic rings. The Kier molecular flexibility index (Phi) is 3.71. The Morgan fingerprint density at radius 2 is 1.45 bits per heavy atom. The number of carboxylic acid groups (broad SMARTS) is 1. The van der Waals surface area contributed by atoms with Gasteiger partial charge < -0.3 is 5.11 Å². The summed E-state index contributed by atoms with van der Waals surface area (Å²) in [5.74, 6) is -1.24. The minimum atomic E-state index is -0.956. The maximum atomic E-state index is 13.0. The predicted molar refractivity (Wildman–Crippen MR) is 84.2 cm³/mol. The summed E-state index contributed by atoms with van der Waals surface area (Å²) in [5.41, 5.74) is 3.55. The third kappa shape index (κ3) is 2.74. The predicted octanol–water partition coefficient (Wildman–Crippen LogP) is 4.86. The summed E-state index contributed by atoms with van der Waals surface area (Å²) in [6, 6.07) is 20.7. The van der Waals surface area contributed by atoms with Crippen LogP contribution in [0.2, 0.25) is 0 Å². The number of rotatable bonds is 3. The SMILES string of the molecule is O=C(O)c1ccccc1-c1cccc(-c2ccc(F)cc2)c1. The van der Waals surface area contributed by atoms with Gasteiger partial charge in [-0.15, -0.1) is 0 Å². The normalized spacial score (nSPS) is 10.4. The van der Waals surface area contributed by atoms with Crippen molar-refractivity contribution in [3.8, 4) is 22.3 Å². The fourth-order valence-corrected chi connectivity index (χ4v) is 2.43. The molecule has 0 aromatic heterocycles. The van der Waals surface area contributed by atoms with Crippen molar-refractivity contribution < 1.29 is 14.3 Å². The molecule has 3 aromatic carbocycles. The first-order valence-electron chi connectivity index (χ1n) is 6.84. The summed E-state index contributed by atoms with van der Waals surface area (Å²) in [5, 5.41) is 9.30. The van der Waals surface area contributed by atoms with Crippen LogP contribution in [0.3, 0.4) is 0 Å². The molecule has 0 aliphatic carbocycles. The molecule has 0 fully saturated rings. The van der Waals surface area contributed by atoms with E-state index in [1.54, 1.807) is 30.3 Å². The Labute approximate surface area is 127 Å². The largest absolute Gasteiger partial charge is 0.478 e. The second-order valence-electron chi connectivity index (χ2n) is 4.94. The van der Waals surface area contributed by atoms with E-state index in [2.05, 4.69) is 0 Å². The minimum absolute atomic E-state index is 0.263. The van der Waals surface area contributed by atoms with Crippen molar-refractivity contribution in [2.24, 2.45) is 0 Å². The standard InChI is InChI=1S/C19H13FO2/c20-16-10-8-13(9-11-16)14-4-3-5-15(12-14)17-6-1-2-7-18(17)19(21)22/h1-12H,(H,21,22). The van der Waals surface area contributed by atoms with Gasteiger partial charge in [-0.25, -0.2) is 9.18 Å². The zero-order valence-electron chi connectivity index (χ0n) is 11.7. The van der Waals surface area contributed by atoms with Gasteiger partial charge in [0.25, 0.3) is 0 Å². The Hall–Kier alpha value is -2.94. The fraction of sp³-hybridized carbons (Fsp3) is 0. The lowest BCUT2D eigenvalue weighted by Gasteiger charge is -2.08. The van der Waals surface area contributed by atoms with Crippen molar-refractivity contribution in [3.63, 3.8) is 0 Å². The van der Waals surface area contributed by atoms with Crippen molar-refractivity contribution in [1.29, 1.82) is 0 Å². The van der Waals surface area contributed by atoms with Crippen molar-refractivity contribution in [2.45, 2.75) is 0 Å². The number of carbonyl (C=O) groups is 1. The second-order valence-corrected chi connectivity index (χ2v) is 4.94. The molecule has 0 atom stereocenters. The summed E-state index contributed by atoms with van der Waals surface area (Å²) in [4.78, 5) is 11.3.